The Morgan fingerprint density at radius 2 is 1.20 bits per heavy atom. The van der Waals surface area contributed by atoms with Crippen LogP contribution in [0, 0.1) is 13.2 Å². The van der Waals surface area contributed by atoms with Gasteiger partial charge < -0.3 is 18.5 Å². The van der Waals surface area contributed by atoms with Crippen molar-refractivity contribution < 1.29 is 56.6 Å². The predicted octanol–water partition coefficient (Wildman–Crippen LogP) is -7.65. The maximum absolute atomic E-state index is 5.00. The first-order valence-electron chi connectivity index (χ1n) is 2.12. The van der Waals surface area contributed by atoms with Crippen molar-refractivity contribution in [1.82, 2.24) is 0 Å². The fourth-order valence-corrected chi connectivity index (χ4v) is 0.224. The summed E-state index contributed by atoms with van der Waals surface area (Å²) in [6.45, 7) is 11.2. The zero-order valence-electron chi connectivity index (χ0n) is 7.17. The third kappa shape index (κ3) is 22.9. The minimum Gasteiger partial charge on any atom is -0.660 e. The van der Waals surface area contributed by atoms with Gasteiger partial charge in [0.05, 0.1) is 0 Å². The van der Waals surface area contributed by atoms with Gasteiger partial charge in [-0.25, -0.2) is 0 Å². The summed E-state index contributed by atoms with van der Waals surface area (Å²) < 4.78 is 0. The average molecular weight is 115 g/mol. The monoisotopic (exact) mass is 115 g/mol. The fourth-order valence-electron chi connectivity index (χ4n) is 0.224. The van der Waals surface area contributed by atoms with E-state index in [0.717, 1.165) is 0 Å². The van der Waals surface area contributed by atoms with Crippen LogP contribution < -0.4 is 56.6 Å². The number of hydrogen-bond acceptors (Lipinski definition) is 0. The molecule has 0 saturated carbocycles. The molecule has 1 nitrogen and oxygen atoms in total. The summed E-state index contributed by atoms with van der Waals surface area (Å²) in [5.74, 6) is 0. The Hall–Kier alpha value is 1.23. The number of hydrogen-bond donors (Lipinski definition) is 0. The minimum absolute atomic E-state index is 0. The molecule has 0 bridgehead atoms. The van der Waals surface area contributed by atoms with Crippen LogP contribution in [0.5, 0.6) is 0 Å². The van der Waals surface area contributed by atoms with Crippen LogP contribution >= 0.6 is 0 Å². The fraction of sp³-hybridized carbons (Fsp3) is 0.333. The van der Waals surface area contributed by atoms with Crippen LogP contribution in [0.4, 0.5) is 0 Å². The summed E-state index contributed by atoms with van der Waals surface area (Å²) >= 11 is 0. The second-order valence-electron chi connectivity index (χ2n) is 1.06. The molecule has 40 valence electrons. The Labute approximate surface area is 99.6 Å². The molecule has 0 aromatic carbocycles. The first-order chi connectivity index (χ1) is 3.41. The third-order valence-corrected chi connectivity index (χ3v) is 0.469. The average Bonchev–Trinajstić information content (AvgIpc) is 1.69. The molecule has 4 heteroatoms. The van der Waals surface area contributed by atoms with Gasteiger partial charge in [0.1, 0.15) is 0 Å². The standard InChI is InChI=1S/C6H8N.3Li/c1-3-5-7-6-4-2;;;/h1-4H,5-6H2;;;/q-3;3*+1. The molecule has 0 unspecified atom stereocenters. The van der Waals surface area contributed by atoms with Crippen LogP contribution in [0.2, 0.25) is 0 Å². The molecule has 0 heterocycles. The molecule has 10 heavy (non-hydrogen) atoms. The van der Waals surface area contributed by atoms with Gasteiger partial charge in [-0.2, -0.15) is 13.1 Å². The molecule has 0 radical (unpaired) electrons. The van der Waals surface area contributed by atoms with Crippen molar-refractivity contribution in [3.63, 3.8) is 0 Å². The van der Waals surface area contributed by atoms with Crippen LogP contribution in [0.25, 0.3) is 5.32 Å². The molecule has 0 spiro atoms. The van der Waals surface area contributed by atoms with E-state index in [2.05, 4.69) is 5.32 Å². The van der Waals surface area contributed by atoms with E-state index in [1.807, 2.05) is 0 Å². The number of nitrogens with zero attached hydrogens (tertiary/aromatic N) is 1. The molecule has 0 atom stereocenters. The maximum Gasteiger partial charge on any atom is 1.00 e. The maximum atomic E-state index is 5.00. The van der Waals surface area contributed by atoms with Crippen LogP contribution in [0.15, 0.2) is 12.2 Å². The largest absolute Gasteiger partial charge is 1.00 e. The molecule has 0 aromatic rings. The first kappa shape index (κ1) is 22.5. The van der Waals surface area contributed by atoms with Crippen LogP contribution in [-0.4, -0.2) is 13.1 Å². The van der Waals surface area contributed by atoms with Crippen molar-refractivity contribution >= 4 is 0 Å². The molecule has 0 N–H and O–H groups in total. The van der Waals surface area contributed by atoms with Crippen molar-refractivity contribution in [3.05, 3.63) is 30.6 Å². The molecule has 0 aromatic heterocycles. The van der Waals surface area contributed by atoms with Gasteiger partial charge in [0.2, 0.25) is 0 Å². The Morgan fingerprint density at radius 1 is 0.900 bits per heavy atom. The molecular weight excluding hydrogens is 107 g/mol. The summed E-state index contributed by atoms with van der Waals surface area (Å²) in [5.41, 5.74) is 0. The van der Waals surface area contributed by atoms with Crippen molar-refractivity contribution in [2.45, 2.75) is 0 Å². The molecular formula is C6H8Li3N. The third-order valence-electron chi connectivity index (χ3n) is 0.469. The van der Waals surface area contributed by atoms with Gasteiger partial charge in [-0.1, -0.05) is 0 Å². The van der Waals surface area contributed by atoms with E-state index in [1.54, 1.807) is 0 Å². The van der Waals surface area contributed by atoms with Gasteiger partial charge in [-0.15, -0.1) is 0 Å². The van der Waals surface area contributed by atoms with Crippen molar-refractivity contribution in [1.29, 1.82) is 0 Å². The molecule has 0 saturated heterocycles. The summed E-state index contributed by atoms with van der Waals surface area (Å²) in [7, 11) is 0. The van der Waals surface area contributed by atoms with E-state index >= 15 is 0 Å². The van der Waals surface area contributed by atoms with Gasteiger partial charge in [-0.3, -0.25) is 12.2 Å². The van der Waals surface area contributed by atoms with Crippen molar-refractivity contribution in [3.8, 4) is 0 Å². The zero-order chi connectivity index (χ0) is 5.54. The van der Waals surface area contributed by atoms with Crippen molar-refractivity contribution in [2.75, 3.05) is 13.1 Å². The SMILES string of the molecule is [CH-]=CC[N-]CC=[CH-].[Li+].[Li+].[Li+]. The van der Waals surface area contributed by atoms with E-state index in [4.69, 9.17) is 13.2 Å². The Morgan fingerprint density at radius 3 is 1.40 bits per heavy atom. The second kappa shape index (κ2) is 22.5. The Kier molecular flexibility index (Phi) is 50.5. The van der Waals surface area contributed by atoms with Gasteiger partial charge in [0, 0.05) is 0 Å². The van der Waals surface area contributed by atoms with Crippen LogP contribution in [0.1, 0.15) is 0 Å². The molecule has 0 aliphatic carbocycles. The first-order valence-corrected chi connectivity index (χ1v) is 2.12. The molecule has 0 aliphatic rings. The zero-order valence-corrected chi connectivity index (χ0v) is 7.17. The Bertz CT molecular complexity index is 58.0. The topological polar surface area (TPSA) is 14.1 Å². The van der Waals surface area contributed by atoms with Crippen molar-refractivity contribution in [2.24, 2.45) is 0 Å². The minimum atomic E-state index is 0. The van der Waals surface area contributed by atoms with Gasteiger partial charge in [0.15, 0.2) is 0 Å². The summed E-state index contributed by atoms with van der Waals surface area (Å²) in [5, 5.41) is 3.85. The normalized spacial score (nSPS) is 5.60. The van der Waals surface area contributed by atoms with Gasteiger partial charge >= 0.3 is 56.6 Å². The van der Waals surface area contributed by atoms with E-state index in [1.165, 1.54) is 12.2 Å². The Balaban J connectivity index is -0.0000000600. The van der Waals surface area contributed by atoms with Gasteiger partial charge in [0.25, 0.3) is 0 Å². The summed E-state index contributed by atoms with van der Waals surface area (Å²) in [6.07, 6.45) is 2.98. The van der Waals surface area contributed by atoms with Crippen LogP contribution in [-0.2, 0) is 0 Å². The summed E-state index contributed by atoms with van der Waals surface area (Å²) in [6, 6.07) is 0. The van der Waals surface area contributed by atoms with E-state index in [9.17, 15) is 0 Å². The van der Waals surface area contributed by atoms with Gasteiger partial charge in [-0.05, 0) is 0 Å². The molecule has 0 rings (SSSR count). The van der Waals surface area contributed by atoms with E-state index < -0.39 is 0 Å². The second-order valence-corrected chi connectivity index (χ2v) is 1.06. The van der Waals surface area contributed by atoms with Crippen LogP contribution in [0.3, 0.4) is 0 Å². The molecule has 0 aliphatic heterocycles. The summed E-state index contributed by atoms with van der Waals surface area (Å²) in [4.78, 5) is 0. The van der Waals surface area contributed by atoms with E-state index in [0.29, 0.717) is 13.1 Å². The smallest absolute Gasteiger partial charge is 0.660 e. The predicted molar refractivity (Wildman–Crippen MR) is 30.8 cm³/mol. The molecule has 0 fully saturated rings. The van der Waals surface area contributed by atoms with E-state index in [-0.39, 0.29) is 56.6 Å². The molecule has 0 amide bonds. The number of rotatable bonds is 4. The quantitative estimate of drug-likeness (QED) is 0.196.